The van der Waals surface area contributed by atoms with Crippen molar-refractivity contribution in [2.45, 2.75) is 26.2 Å². The van der Waals surface area contributed by atoms with Crippen LogP contribution in [0, 0.1) is 0 Å². The zero-order chi connectivity index (χ0) is 13.5. The number of nitrogens with zero attached hydrogens (tertiary/aromatic N) is 2. The minimum Gasteiger partial charge on any atom is -0.399 e. The SMILES string of the molecule is CCOCCc1noc(CCc2cccc(N)c2)n1. The van der Waals surface area contributed by atoms with Gasteiger partial charge >= 0.3 is 0 Å². The van der Waals surface area contributed by atoms with E-state index in [1.54, 1.807) is 0 Å². The van der Waals surface area contributed by atoms with Crippen molar-refractivity contribution in [2.75, 3.05) is 18.9 Å². The minimum atomic E-state index is 0.630. The van der Waals surface area contributed by atoms with Crippen molar-refractivity contribution in [2.24, 2.45) is 0 Å². The van der Waals surface area contributed by atoms with E-state index in [-0.39, 0.29) is 0 Å². The van der Waals surface area contributed by atoms with Crippen LogP contribution in [0.4, 0.5) is 5.69 Å². The maximum atomic E-state index is 5.73. The molecular weight excluding hydrogens is 242 g/mol. The lowest BCUT2D eigenvalue weighted by molar-refractivity contribution is 0.149. The third-order valence-electron chi connectivity index (χ3n) is 2.76. The van der Waals surface area contributed by atoms with Gasteiger partial charge in [0.1, 0.15) is 0 Å². The molecule has 0 aliphatic heterocycles. The molecule has 0 atom stereocenters. The monoisotopic (exact) mass is 261 g/mol. The lowest BCUT2D eigenvalue weighted by Crippen LogP contribution is -1.99. The second-order valence-corrected chi connectivity index (χ2v) is 4.30. The molecule has 0 aliphatic carbocycles. The number of nitrogens with two attached hydrogens (primary N) is 1. The summed E-state index contributed by atoms with van der Waals surface area (Å²) in [5, 5.41) is 3.93. The lowest BCUT2D eigenvalue weighted by Gasteiger charge is -1.99. The van der Waals surface area contributed by atoms with Crippen molar-refractivity contribution in [1.29, 1.82) is 0 Å². The molecule has 1 aromatic heterocycles. The van der Waals surface area contributed by atoms with Crippen LogP contribution in [0.25, 0.3) is 0 Å². The van der Waals surface area contributed by atoms with Crippen LogP contribution in [0.5, 0.6) is 0 Å². The Hall–Kier alpha value is -1.88. The maximum absolute atomic E-state index is 5.73. The van der Waals surface area contributed by atoms with E-state index in [0.717, 1.165) is 18.5 Å². The fourth-order valence-electron chi connectivity index (χ4n) is 1.80. The lowest BCUT2D eigenvalue weighted by atomic mass is 10.1. The molecule has 1 heterocycles. The molecule has 2 aromatic rings. The Morgan fingerprint density at radius 3 is 2.95 bits per heavy atom. The molecule has 0 aliphatic rings. The highest BCUT2D eigenvalue weighted by Crippen LogP contribution is 2.10. The largest absolute Gasteiger partial charge is 0.399 e. The summed E-state index contributed by atoms with van der Waals surface area (Å²) in [6.07, 6.45) is 2.26. The Morgan fingerprint density at radius 2 is 2.16 bits per heavy atom. The van der Waals surface area contributed by atoms with E-state index in [1.807, 2.05) is 31.2 Å². The maximum Gasteiger partial charge on any atom is 0.226 e. The number of benzene rings is 1. The van der Waals surface area contributed by atoms with Crippen molar-refractivity contribution in [1.82, 2.24) is 10.1 Å². The average molecular weight is 261 g/mol. The van der Waals surface area contributed by atoms with Gasteiger partial charge in [-0.3, -0.25) is 0 Å². The van der Waals surface area contributed by atoms with Gasteiger partial charge in [-0.25, -0.2) is 0 Å². The van der Waals surface area contributed by atoms with Gasteiger partial charge in [0, 0.05) is 25.1 Å². The Morgan fingerprint density at radius 1 is 1.26 bits per heavy atom. The molecular formula is C14H19N3O2. The predicted octanol–water partition coefficient (Wildman–Crippen LogP) is 2.02. The molecule has 1 aromatic carbocycles. The summed E-state index contributed by atoms with van der Waals surface area (Å²) in [6.45, 7) is 3.30. The highest BCUT2D eigenvalue weighted by molar-refractivity contribution is 5.40. The fourth-order valence-corrected chi connectivity index (χ4v) is 1.80. The number of ether oxygens (including phenoxy) is 1. The second-order valence-electron chi connectivity index (χ2n) is 4.30. The third kappa shape index (κ3) is 4.37. The number of hydrogen-bond donors (Lipinski definition) is 1. The van der Waals surface area contributed by atoms with Gasteiger partial charge in [0.15, 0.2) is 5.82 Å². The van der Waals surface area contributed by atoms with E-state index in [1.165, 1.54) is 5.56 Å². The Labute approximate surface area is 112 Å². The summed E-state index contributed by atoms with van der Waals surface area (Å²) in [5.74, 6) is 1.37. The van der Waals surface area contributed by atoms with Crippen molar-refractivity contribution in [3.05, 3.63) is 41.5 Å². The third-order valence-corrected chi connectivity index (χ3v) is 2.76. The molecule has 0 unspecified atom stereocenters. The van der Waals surface area contributed by atoms with Crippen LogP contribution in [0.1, 0.15) is 24.2 Å². The molecule has 0 amide bonds. The number of aromatic nitrogens is 2. The van der Waals surface area contributed by atoms with Gasteiger partial charge in [-0.2, -0.15) is 4.98 Å². The van der Waals surface area contributed by atoms with Gasteiger partial charge in [0.2, 0.25) is 5.89 Å². The van der Waals surface area contributed by atoms with Gasteiger partial charge in [-0.15, -0.1) is 0 Å². The second kappa shape index (κ2) is 6.89. The Balaban J connectivity index is 1.83. The standard InChI is InChI=1S/C14H19N3O2/c1-2-18-9-8-13-16-14(19-17-13)7-6-11-4-3-5-12(15)10-11/h3-5,10H,2,6-9,15H2,1H3. The number of nitrogen functional groups attached to an aromatic ring is 1. The van der Waals surface area contributed by atoms with E-state index in [2.05, 4.69) is 10.1 Å². The smallest absolute Gasteiger partial charge is 0.226 e. The van der Waals surface area contributed by atoms with Gasteiger partial charge in [-0.1, -0.05) is 17.3 Å². The van der Waals surface area contributed by atoms with E-state index in [9.17, 15) is 0 Å². The van der Waals surface area contributed by atoms with Crippen LogP contribution in [-0.2, 0) is 24.0 Å². The Kier molecular flexibility index (Phi) is 4.92. The topological polar surface area (TPSA) is 74.2 Å². The molecule has 0 radical (unpaired) electrons. The summed E-state index contributed by atoms with van der Waals surface area (Å²) < 4.78 is 10.5. The first-order valence-electron chi connectivity index (χ1n) is 6.51. The molecule has 0 saturated heterocycles. The first-order chi connectivity index (χ1) is 9.28. The van der Waals surface area contributed by atoms with Crippen LogP contribution in [0.3, 0.4) is 0 Å². The highest BCUT2D eigenvalue weighted by Gasteiger charge is 2.06. The molecule has 2 rings (SSSR count). The molecule has 5 heteroatoms. The average Bonchev–Trinajstić information content (AvgIpc) is 2.85. The summed E-state index contributed by atoms with van der Waals surface area (Å²) in [5.41, 5.74) is 7.69. The normalized spacial score (nSPS) is 10.8. The summed E-state index contributed by atoms with van der Waals surface area (Å²) in [4.78, 5) is 4.33. The van der Waals surface area contributed by atoms with E-state index < -0.39 is 0 Å². The van der Waals surface area contributed by atoms with Crippen molar-refractivity contribution >= 4 is 5.69 Å². The zero-order valence-electron chi connectivity index (χ0n) is 11.1. The number of rotatable bonds is 7. The van der Waals surface area contributed by atoms with Crippen LogP contribution in [0.15, 0.2) is 28.8 Å². The highest BCUT2D eigenvalue weighted by atomic mass is 16.5. The number of aryl methyl sites for hydroxylation is 2. The van der Waals surface area contributed by atoms with Crippen molar-refractivity contribution in [3.63, 3.8) is 0 Å². The molecule has 5 nitrogen and oxygen atoms in total. The van der Waals surface area contributed by atoms with Crippen molar-refractivity contribution < 1.29 is 9.26 Å². The predicted molar refractivity (Wildman–Crippen MR) is 72.8 cm³/mol. The van der Waals surface area contributed by atoms with Gasteiger partial charge in [0.05, 0.1) is 6.61 Å². The van der Waals surface area contributed by atoms with Crippen LogP contribution < -0.4 is 5.73 Å². The van der Waals surface area contributed by atoms with Crippen molar-refractivity contribution in [3.8, 4) is 0 Å². The van der Waals surface area contributed by atoms with Gasteiger partial charge in [0.25, 0.3) is 0 Å². The zero-order valence-corrected chi connectivity index (χ0v) is 11.1. The molecule has 0 spiro atoms. The first-order valence-corrected chi connectivity index (χ1v) is 6.51. The molecule has 0 bridgehead atoms. The van der Waals surface area contributed by atoms with Crippen LogP contribution in [-0.4, -0.2) is 23.4 Å². The molecule has 19 heavy (non-hydrogen) atoms. The molecule has 2 N–H and O–H groups in total. The Bertz CT molecular complexity index is 511. The summed E-state index contributed by atoms with van der Waals surface area (Å²) in [6, 6.07) is 7.84. The summed E-state index contributed by atoms with van der Waals surface area (Å²) in [7, 11) is 0. The molecule has 0 saturated carbocycles. The van der Waals surface area contributed by atoms with Gasteiger partial charge < -0.3 is 15.0 Å². The van der Waals surface area contributed by atoms with E-state index in [4.69, 9.17) is 15.0 Å². The first kappa shape index (κ1) is 13.5. The van der Waals surface area contributed by atoms with Crippen LogP contribution in [0.2, 0.25) is 0 Å². The summed E-state index contributed by atoms with van der Waals surface area (Å²) >= 11 is 0. The number of hydrogen-bond acceptors (Lipinski definition) is 5. The minimum absolute atomic E-state index is 0.630. The van der Waals surface area contributed by atoms with E-state index >= 15 is 0 Å². The fraction of sp³-hybridized carbons (Fsp3) is 0.429. The quantitative estimate of drug-likeness (QED) is 0.609. The van der Waals surface area contributed by atoms with E-state index in [0.29, 0.717) is 31.3 Å². The van der Waals surface area contributed by atoms with Crippen LogP contribution >= 0.6 is 0 Å². The molecule has 102 valence electrons. The number of anilines is 1. The molecule has 0 fully saturated rings. The van der Waals surface area contributed by atoms with Gasteiger partial charge in [-0.05, 0) is 31.0 Å².